The molecule has 14 nitrogen and oxygen atoms in total. The summed E-state index contributed by atoms with van der Waals surface area (Å²) < 4.78 is 22.4. The smallest absolute Gasteiger partial charge is 0.220 e. The van der Waals surface area contributed by atoms with Crippen LogP contribution in [0.5, 0.6) is 0 Å². The normalized spacial score (nSPS) is 30.3. The first-order valence-electron chi connectivity index (χ1n) is 20.8. The molecule has 1 amide bonds. The molecule has 2 heterocycles. The second-order valence-corrected chi connectivity index (χ2v) is 15.1. The van der Waals surface area contributed by atoms with Gasteiger partial charge in [0.1, 0.15) is 48.8 Å². The molecule has 2 aliphatic rings. The third-order valence-corrected chi connectivity index (χ3v) is 10.6. The van der Waals surface area contributed by atoms with Crippen molar-refractivity contribution in [3.8, 4) is 0 Å². The third-order valence-electron chi connectivity index (χ3n) is 10.6. The lowest BCUT2D eigenvalue weighted by atomic mass is 9.97. The molecule has 0 spiro atoms. The van der Waals surface area contributed by atoms with Crippen molar-refractivity contribution < 1.29 is 64.6 Å². The second kappa shape index (κ2) is 28.4. The summed E-state index contributed by atoms with van der Waals surface area (Å²) in [5.74, 6) is -0.242. The van der Waals surface area contributed by atoms with E-state index in [4.69, 9.17) is 18.9 Å². The van der Waals surface area contributed by atoms with Crippen LogP contribution in [0.15, 0.2) is 0 Å². The largest absolute Gasteiger partial charge is 0.394 e. The van der Waals surface area contributed by atoms with Gasteiger partial charge in [-0.05, 0) is 12.8 Å². The first-order valence-corrected chi connectivity index (χ1v) is 20.8. The Morgan fingerprint density at radius 1 is 0.604 bits per heavy atom. The summed E-state index contributed by atoms with van der Waals surface area (Å²) >= 11 is 0. The van der Waals surface area contributed by atoms with Crippen LogP contribution in [0.2, 0.25) is 0 Å². The van der Waals surface area contributed by atoms with Crippen LogP contribution < -0.4 is 5.32 Å². The van der Waals surface area contributed by atoms with Gasteiger partial charge in [-0.3, -0.25) is 4.79 Å². The number of rotatable bonds is 30. The molecule has 314 valence electrons. The molecule has 14 heteroatoms. The van der Waals surface area contributed by atoms with Crippen molar-refractivity contribution in [1.29, 1.82) is 0 Å². The molecule has 0 radical (unpaired) electrons. The molecular weight excluding hydrogens is 690 g/mol. The molecule has 0 aromatic carbocycles. The van der Waals surface area contributed by atoms with E-state index in [9.17, 15) is 45.6 Å². The zero-order valence-corrected chi connectivity index (χ0v) is 32.5. The van der Waals surface area contributed by atoms with Crippen LogP contribution in [0, 0.1) is 0 Å². The van der Waals surface area contributed by atoms with Gasteiger partial charge in [-0.1, -0.05) is 129 Å². The van der Waals surface area contributed by atoms with Gasteiger partial charge in [0, 0.05) is 6.42 Å². The van der Waals surface area contributed by atoms with E-state index in [0.717, 1.165) is 32.1 Å². The number of unbranched alkanes of at least 4 members (excludes halogenated alkanes) is 17. The summed E-state index contributed by atoms with van der Waals surface area (Å²) in [5.41, 5.74) is 0. The summed E-state index contributed by atoms with van der Waals surface area (Å²) in [5, 5.41) is 85.7. The van der Waals surface area contributed by atoms with Crippen molar-refractivity contribution in [2.75, 3.05) is 19.8 Å². The van der Waals surface area contributed by atoms with Gasteiger partial charge < -0.3 is 65.1 Å². The molecule has 12 atom stereocenters. The summed E-state index contributed by atoms with van der Waals surface area (Å²) in [6.45, 7) is 2.58. The van der Waals surface area contributed by atoms with Crippen LogP contribution in [-0.4, -0.2) is 140 Å². The van der Waals surface area contributed by atoms with Gasteiger partial charge in [0.05, 0.1) is 32.0 Å². The molecule has 0 aliphatic carbocycles. The number of carbonyl (C=O) groups excluding carboxylic acids is 1. The van der Waals surface area contributed by atoms with E-state index in [2.05, 4.69) is 12.2 Å². The third kappa shape index (κ3) is 17.8. The molecule has 2 aliphatic heterocycles. The lowest BCUT2D eigenvalue weighted by molar-refractivity contribution is -0.359. The molecule has 0 aromatic heterocycles. The van der Waals surface area contributed by atoms with Gasteiger partial charge in [0.15, 0.2) is 12.6 Å². The van der Waals surface area contributed by atoms with Crippen molar-refractivity contribution >= 4 is 5.91 Å². The van der Waals surface area contributed by atoms with E-state index < -0.39 is 86.8 Å². The fraction of sp³-hybridized carbons (Fsp3) is 0.974. The number of carbonyl (C=O) groups is 1. The van der Waals surface area contributed by atoms with E-state index in [1.807, 2.05) is 6.92 Å². The Labute approximate surface area is 317 Å². The Kier molecular flexibility index (Phi) is 25.8. The minimum Gasteiger partial charge on any atom is -0.394 e. The first kappa shape index (κ1) is 48.1. The van der Waals surface area contributed by atoms with Crippen molar-refractivity contribution in [3.63, 3.8) is 0 Å². The summed E-state index contributed by atoms with van der Waals surface area (Å²) in [7, 11) is 0. The Balaban J connectivity index is 1.77. The number of aliphatic hydroxyl groups is 8. The topological polar surface area (TPSA) is 228 Å². The molecule has 2 rings (SSSR count). The molecule has 53 heavy (non-hydrogen) atoms. The maximum absolute atomic E-state index is 12.6. The Hall–Kier alpha value is -1.01. The van der Waals surface area contributed by atoms with E-state index >= 15 is 0 Å². The highest BCUT2D eigenvalue weighted by molar-refractivity contribution is 5.76. The number of hydrogen-bond acceptors (Lipinski definition) is 13. The average Bonchev–Trinajstić information content (AvgIpc) is 3.15. The minimum absolute atomic E-state index is 0.242. The number of hydrogen-bond donors (Lipinski definition) is 9. The predicted molar refractivity (Wildman–Crippen MR) is 199 cm³/mol. The molecule has 12 unspecified atom stereocenters. The highest BCUT2D eigenvalue weighted by atomic mass is 16.7. The summed E-state index contributed by atoms with van der Waals surface area (Å²) in [4.78, 5) is 12.6. The fourth-order valence-corrected chi connectivity index (χ4v) is 7.04. The van der Waals surface area contributed by atoms with Crippen LogP contribution in [0.25, 0.3) is 0 Å². The second-order valence-electron chi connectivity index (χ2n) is 15.1. The first-order chi connectivity index (χ1) is 25.6. The predicted octanol–water partition coefficient (Wildman–Crippen LogP) is 2.70. The van der Waals surface area contributed by atoms with E-state index in [0.29, 0.717) is 12.8 Å². The summed E-state index contributed by atoms with van der Waals surface area (Å²) in [6, 6.07) is -0.816. The highest BCUT2D eigenvalue weighted by Crippen LogP contribution is 2.30. The van der Waals surface area contributed by atoms with Crippen LogP contribution in [0.3, 0.4) is 0 Å². The van der Waals surface area contributed by atoms with Gasteiger partial charge in [-0.2, -0.15) is 0 Å². The zero-order chi connectivity index (χ0) is 39.0. The molecule has 0 aromatic rings. The standard InChI is InChI=1S/C39H75NO13/c1-3-5-7-8-9-10-11-12-13-14-15-16-17-18-19-20-21-22-28(43)27(40-31(44)23-6-4-2)26-50-38-36(49)34(47)37(30(25-42)52-38)53-39-35(48)33(46)32(45)29(24-41)51-39/h27-30,32-39,41-43,45-49H,3-26H2,1-2H3,(H,40,44). The molecule has 2 fully saturated rings. The summed E-state index contributed by atoms with van der Waals surface area (Å²) in [6.07, 6.45) is 6.84. The number of nitrogens with one attached hydrogen (secondary N) is 1. The van der Waals surface area contributed by atoms with Gasteiger partial charge in [-0.25, -0.2) is 0 Å². The van der Waals surface area contributed by atoms with Crippen molar-refractivity contribution in [1.82, 2.24) is 5.32 Å². The van der Waals surface area contributed by atoms with Gasteiger partial charge in [0.25, 0.3) is 0 Å². The monoisotopic (exact) mass is 766 g/mol. The molecular formula is C39H75NO13. The minimum atomic E-state index is -1.77. The zero-order valence-electron chi connectivity index (χ0n) is 32.5. The van der Waals surface area contributed by atoms with Crippen LogP contribution in [0.1, 0.15) is 149 Å². The van der Waals surface area contributed by atoms with Gasteiger partial charge in [0.2, 0.25) is 5.91 Å². The lowest BCUT2D eigenvalue weighted by Crippen LogP contribution is -2.65. The number of aliphatic hydroxyl groups excluding tert-OH is 8. The molecule has 2 saturated heterocycles. The Morgan fingerprint density at radius 3 is 1.58 bits per heavy atom. The Morgan fingerprint density at radius 2 is 1.08 bits per heavy atom. The van der Waals surface area contributed by atoms with E-state index in [-0.39, 0.29) is 18.9 Å². The Bertz CT molecular complexity index is 915. The van der Waals surface area contributed by atoms with Crippen LogP contribution in [-0.2, 0) is 23.7 Å². The molecule has 0 bridgehead atoms. The van der Waals surface area contributed by atoms with Crippen LogP contribution in [0.4, 0.5) is 0 Å². The van der Waals surface area contributed by atoms with Crippen molar-refractivity contribution in [2.24, 2.45) is 0 Å². The average molecular weight is 766 g/mol. The SMILES string of the molecule is CCCCCCCCCCCCCCCCCCCC(O)C(COC1OC(CO)C(OC2OC(CO)C(O)C(O)C2O)C(O)C1O)NC(=O)CCCC. The van der Waals surface area contributed by atoms with E-state index in [1.54, 1.807) is 0 Å². The van der Waals surface area contributed by atoms with E-state index in [1.165, 1.54) is 83.5 Å². The van der Waals surface area contributed by atoms with Crippen molar-refractivity contribution in [2.45, 2.75) is 222 Å². The molecule has 0 saturated carbocycles. The maximum atomic E-state index is 12.6. The highest BCUT2D eigenvalue weighted by Gasteiger charge is 2.50. The van der Waals surface area contributed by atoms with Gasteiger partial charge >= 0.3 is 0 Å². The quantitative estimate of drug-likeness (QED) is 0.0480. The fourth-order valence-electron chi connectivity index (χ4n) is 7.04. The number of ether oxygens (including phenoxy) is 4. The molecule has 9 N–H and O–H groups in total. The maximum Gasteiger partial charge on any atom is 0.220 e. The van der Waals surface area contributed by atoms with Crippen molar-refractivity contribution in [3.05, 3.63) is 0 Å². The van der Waals surface area contributed by atoms with Crippen LogP contribution >= 0.6 is 0 Å². The number of amides is 1. The van der Waals surface area contributed by atoms with Gasteiger partial charge in [-0.15, -0.1) is 0 Å². The lowest BCUT2D eigenvalue weighted by Gasteiger charge is -2.46.